The first-order chi connectivity index (χ1) is 7.99. The molecule has 1 aliphatic rings. The highest BCUT2D eigenvalue weighted by atomic mass is 32.2. The normalized spacial score (nSPS) is 20.7. The largest absolute Gasteiger partial charge is 0.315 e. The fraction of sp³-hybridized carbons (Fsp3) is 0.500. The number of hydrogen-bond donors (Lipinski definition) is 2. The lowest BCUT2D eigenvalue weighted by atomic mass is 10.2. The lowest BCUT2D eigenvalue weighted by molar-refractivity contribution is 0.559. The number of nitrogens with one attached hydrogen (secondary N) is 2. The molecule has 1 unspecified atom stereocenters. The highest BCUT2D eigenvalue weighted by Gasteiger charge is 2.23. The Balaban J connectivity index is 2.24. The first-order valence-electron chi connectivity index (χ1n) is 5.79. The summed E-state index contributed by atoms with van der Waals surface area (Å²) in [5.74, 6) is 0. The van der Waals surface area contributed by atoms with E-state index in [9.17, 15) is 8.42 Å². The molecular weight excluding hydrogens is 236 g/mol. The molecule has 1 atom stereocenters. The van der Waals surface area contributed by atoms with Crippen LogP contribution < -0.4 is 10.0 Å². The van der Waals surface area contributed by atoms with Crippen LogP contribution in [0.4, 0.5) is 0 Å². The molecule has 0 spiro atoms. The lowest BCUT2D eigenvalue weighted by Crippen LogP contribution is -2.36. The quantitative estimate of drug-likeness (QED) is 0.844. The van der Waals surface area contributed by atoms with Gasteiger partial charge in [-0.3, -0.25) is 0 Å². The van der Waals surface area contributed by atoms with Crippen LogP contribution in [0.2, 0.25) is 0 Å². The van der Waals surface area contributed by atoms with Crippen LogP contribution >= 0.6 is 0 Å². The summed E-state index contributed by atoms with van der Waals surface area (Å²) < 4.78 is 27.1. The van der Waals surface area contributed by atoms with E-state index in [0.717, 1.165) is 24.1 Å². The minimum atomic E-state index is -3.38. The molecule has 2 rings (SSSR count). The van der Waals surface area contributed by atoms with Crippen molar-refractivity contribution in [2.45, 2.75) is 31.2 Å². The number of rotatable bonds is 3. The Labute approximate surface area is 102 Å². The molecule has 94 valence electrons. The van der Waals surface area contributed by atoms with Crippen LogP contribution in [0.1, 0.15) is 17.5 Å². The number of sulfonamides is 1. The number of benzene rings is 1. The van der Waals surface area contributed by atoms with Crippen molar-refractivity contribution in [2.75, 3.05) is 13.1 Å². The first kappa shape index (κ1) is 12.5. The molecule has 0 amide bonds. The van der Waals surface area contributed by atoms with Gasteiger partial charge in [-0.1, -0.05) is 17.7 Å². The van der Waals surface area contributed by atoms with Crippen LogP contribution in [0.15, 0.2) is 23.1 Å². The summed E-state index contributed by atoms with van der Waals surface area (Å²) in [5.41, 5.74) is 1.87. The summed E-state index contributed by atoms with van der Waals surface area (Å²) in [6.45, 7) is 5.37. The van der Waals surface area contributed by atoms with E-state index in [2.05, 4.69) is 10.0 Å². The second-order valence-electron chi connectivity index (χ2n) is 4.58. The fourth-order valence-electron chi connectivity index (χ4n) is 2.14. The Morgan fingerprint density at radius 1 is 1.35 bits per heavy atom. The standard InChI is InChI=1S/C12H18N2O2S/c1-9-3-4-12(10(2)7-9)17(15,16)14-11-5-6-13-8-11/h3-4,7,11,13-14H,5-6,8H2,1-2H3. The molecule has 2 N–H and O–H groups in total. The summed E-state index contributed by atoms with van der Waals surface area (Å²) >= 11 is 0. The maximum Gasteiger partial charge on any atom is 0.241 e. The third-order valence-corrected chi connectivity index (χ3v) is 4.68. The monoisotopic (exact) mass is 254 g/mol. The van der Waals surface area contributed by atoms with E-state index in [1.807, 2.05) is 26.0 Å². The zero-order valence-corrected chi connectivity index (χ0v) is 11.0. The molecule has 1 fully saturated rings. The van der Waals surface area contributed by atoms with Crippen molar-refractivity contribution < 1.29 is 8.42 Å². The second-order valence-corrected chi connectivity index (χ2v) is 6.26. The van der Waals surface area contributed by atoms with E-state index < -0.39 is 10.0 Å². The Bertz CT molecular complexity index is 505. The van der Waals surface area contributed by atoms with E-state index in [0.29, 0.717) is 11.4 Å². The predicted octanol–water partition coefficient (Wildman–Crippen LogP) is 0.944. The average molecular weight is 254 g/mol. The van der Waals surface area contributed by atoms with E-state index in [1.165, 1.54) is 0 Å². The molecule has 17 heavy (non-hydrogen) atoms. The maximum absolute atomic E-state index is 12.2. The van der Waals surface area contributed by atoms with Gasteiger partial charge in [0.2, 0.25) is 10.0 Å². The molecule has 0 saturated carbocycles. The zero-order chi connectivity index (χ0) is 12.5. The maximum atomic E-state index is 12.2. The summed E-state index contributed by atoms with van der Waals surface area (Å²) in [6, 6.07) is 5.41. The van der Waals surface area contributed by atoms with Crippen molar-refractivity contribution >= 4 is 10.0 Å². The van der Waals surface area contributed by atoms with Gasteiger partial charge in [-0.15, -0.1) is 0 Å². The van der Waals surface area contributed by atoms with Crippen molar-refractivity contribution in [3.63, 3.8) is 0 Å². The highest BCUT2D eigenvalue weighted by Crippen LogP contribution is 2.17. The summed E-state index contributed by atoms with van der Waals surface area (Å²) in [5, 5.41) is 3.14. The average Bonchev–Trinajstić information content (AvgIpc) is 2.68. The fourth-order valence-corrected chi connectivity index (χ4v) is 3.64. The van der Waals surface area contributed by atoms with Gasteiger partial charge >= 0.3 is 0 Å². The van der Waals surface area contributed by atoms with Gasteiger partial charge in [0.25, 0.3) is 0 Å². The van der Waals surface area contributed by atoms with Gasteiger partial charge in [-0.05, 0) is 38.4 Å². The zero-order valence-electron chi connectivity index (χ0n) is 10.2. The second kappa shape index (κ2) is 4.76. The van der Waals surface area contributed by atoms with Gasteiger partial charge in [0.1, 0.15) is 0 Å². The Morgan fingerprint density at radius 3 is 2.71 bits per heavy atom. The molecule has 5 heteroatoms. The van der Waals surface area contributed by atoms with E-state index in [4.69, 9.17) is 0 Å². The molecule has 1 saturated heterocycles. The van der Waals surface area contributed by atoms with Gasteiger partial charge < -0.3 is 5.32 Å². The summed E-state index contributed by atoms with van der Waals surface area (Å²) in [6.07, 6.45) is 0.851. The van der Waals surface area contributed by atoms with Gasteiger partial charge in [0.05, 0.1) is 4.90 Å². The molecular formula is C12H18N2O2S. The highest BCUT2D eigenvalue weighted by molar-refractivity contribution is 7.89. The summed E-state index contributed by atoms with van der Waals surface area (Å²) in [4.78, 5) is 0.384. The summed E-state index contributed by atoms with van der Waals surface area (Å²) in [7, 11) is -3.38. The topological polar surface area (TPSA) is 58.2 Å². The van der Waals surface area contributed by atoms with E-state index in [-0.39, 0.29) is 6.04 Å². The molecule has 0 radical (unpaired) electrons. The van der Waals surface area contributed by atoms with Crippen LogP contribution in [0.3, 0.4) is 0 Å². The Hall–Kier alpha value is -0.910. The SMILES string of the molecule is Cc1ccc(S(=O)(=O)NC2CCNC2)c(C)c1. The lowest BCUT2D eigenvalue weighted by Gasteiger charge is -2.13. The molecule has 1 aromatic rings. The van der Waals surface area contributed by atoms with Crippen molar-refractivity contribution in [2.24, 2.45) is 0 Å². The third-order valence-electron chi connectivity index (χ3n) is 3.00. The predicted molar refractivity (Wildman–Crippen MR) is 67.5 cm³/mol. The minimum Gasteiger partial charge on any atom is -0.315 e. The molecule has 0 aromatic heterocycles. The third kappa shape index (κ3) is 2.86. The smallest absolute Gasteiger partial charge is 0.241 e. The molecule has 1 aromatic carbocycles. The Kier molecular flexibility index (Phi) is 3.51. The first-order valence-corrected chi connectivity index (χ1v) is 7.28. The van der Waals surface area contributed by atoms with Crippen LogP contribution in [0.5, 0.6) is 0 Å². The Morgan fingerprint density at radius 2 is 2.12 bits per heavy atom. The van der Waals surface area contributed by atoms with Crippen LogP contribution in [0.25, 0.3) is 0 Å². The minimum absolute atomic E-state index is 0.0145. The van der Waals surface area contributed by atoms with Crippen LogP contribution in [-0.2, 0) is 10.0 Å². The van der Waals surface area contributed by atoms with Crippen LogP contribution in [-0.4, -0.2) is 27.5 Å². The molecule has 0 aliphatic carbocycles. The molecule has 4 nitrogen and oxygen atoms in total. The number of aryl methyl sites for hydroxylation is 2. The van der Waals surface area contributed by atoms with Gasteiger partial charge in [-0.2, -0.15) is 0 Å². The van der Waals surface area contributed by atoms with Crippen molar-refractivity contribution in [1.82, 2.24) is 10.0 Å². The molecule has 1 heterocycles. The van der Waals surface area contributed by atoms with E-state index >= 15 is 0 Å². The van der Waals surface area contributed by atoms with Gasteiger partial charge in [-0.25, -0.2) is 13.1 Å². The van der Waals surface area contributed by atoms with E-state index in [1.54, 1.807) is 6.07 Å². The van der Waals surface area contributed by atoms with Gasteiger partial charge in [0, 0.05) is 12.6 Å². The molecule has 1 aliphatic heterocycles. The molecule has 0 bridgehead atoms. The van der Waals surface area contributed by atoms with Crippen molar-refractivity contribution in [1.29, 1.82) is 0 Å². The van der Waals surface area contributed by atoms with Gasteiger partial charge in [0.15, 0.2) is 0 Å². The van der Waals surface area contributed by atoms with Crippen molar-refractivity contribution in [3.05, 3.63) is 29.3 Å². The number of hydrogen-bond acceptors (Lipinski definition) is 3. The van der Waals surface area contributed by atoms with Crippen molar-refractivity contribution in [3.8, 4) is 0 Å². The van der Waals surface area contributed by atoms with Crippen LogP contribution in [0, 0.1) is 13.8 Å².